The van der Waals surface area contributed by atoms with E-state index in [1.165, 1.54) is 11.0 Å². The van der Waals surface area contributed by atoms with Crippen molar-refractivity contribution in [2.45, 2.75) is 57.0 Å². The summed E-state index contributed by atoms with van der Waals surface area (Å²) in [5, 5.41) is 13.9. The molecule has 57 heavy (non-hydrogen) atoms. The van der Waals surface area contributed by atoms with E-state index >= 15 is 4.39 Å². The van der Waals surface area contributed by atoms with Crippen LogP contribution in [0.2, 0.25) is 0 Å². The van der Waals surface area contributed by atoms with E-state index in [4.69, 9.17) is 4.42 Å². The Morgan fingerprint density at radius 1 is 1.04 bits per heavy atom. The van der Waals surface area contributed by atoms with Crippen molar-refractivity contribution in [1.29, 1.82) is 0 Å². The smallest absolute Gasteiger partial charge is 0.289 e. The number of furan rings is 1. The van der Waals surface area contributed by atoms with Gasteiger partial charge in [-0.05, 0) is 78.6 Å². The number of fused-ring (bicyclic) bond motifs is 1. The van der Waals surface area contributed by atoms with Crippen molar-refractivity contribution >= 4 is 57.5 Å². The highest BCUT2D eigenvalue weighted by Gasteiger charge is 2.39. The Balaban J connectivity index is 0.00000293. The molecule has 4 aliphatic heterocycles. The van der Waals surface area contributed by atoms with Gasteiger partial charge in [0.15, 0.2) is 11.3 Å². The Morgan fingerprint density at radius 3 is 2.56 bits per heavy atom. The van der Waals surface area contributed by atoms with Gasteiger partial charge in [-0.3, -0.25) is 34.0 Å². The van der Waals surface area contributed by atoms with Crippen LogP contribution in [0.4, 0.5) is 15.8 Å². The van der Waals surface area contributed by atoms with Crippen LogP contribution in [0.1, 0.15) is 69.0 Å². The Hall–Kier alpha value is -6.06. The number of hydrogen-bond donors (Lipinski definition) is 2. The summed E-state index contributed by atoms with van der Waals surface area (Å²) < 4.78 is 23.2. The number of nitrogens with zero attached hydrogens (tertiary/aromatic N) is 7. The third kappa shape index (κ3) is 7.98. The van der Waals surface area contributed by atoms with Crippen molar-refractivity contribution in [3.05, 3.63) is 77.6 Å². The number of hydrogen-bond acceptors (Lipinski definition) is 10. The molecule has 0 bridgehead atoms. The molecule has 0 spiro atoms. The molecule has 1 unspecified atom stereocenters. The number of piperidine rings is 2. The van der Waals surface area contributed by atoms with Crippen LogP contribution in [0, 0.1) is 11.7 Å². The summed E-state index contributed by atoms with van der Waals surface area (Å²) >= 11 is 0. The average molecular weight is 784 g/mol. The molecule has 4 aliphatic rings. The zero-order valence-electron chi connectivity index (χ0n) is 32.1. The maximum Gasteiger partial charge on any atom is 0.289 e. The van der Waals surface area contributed by atoms with Gasteiger partial charge in [-0.1, -0.05) is 17.4 Å². The molecule has 6 heterocycles. The van der Waals surface area contributed by atoms with Crippen molar-refractivity contribution in [3.63, 3.8) is 0 Å². The molecule has 0 radical (unpaired) electrons. The molecular formula is C41H50FN9O6. The van der Waals surface area contributed by atoms with Crippen LogP contribution in [-0.2, 0) is 25.7 Å². The summed E-state index contributed by atoms with van der Waals surface area (Å²) in [7, 11) is 3.35. The van der Waals surface area contributed by atoms with Gasteiger partial charge in [0.05, 0.1) is 24.3 Å². The Kier molecular flexibility index (Phi) is 10.5. The minimum Gasteiger partial charge on any atom is -0.449 e. The highest BCUT2D eigenvalue weighted by atomic mass is 19.1. The summed E-state index contributed by atoms with van der Waals surface area (Å²) in [6, 6.07) is 10.1. The molecule has 0 aliphatic carbocycles. The fourth-order valence-electron chi connectivity index (χ4n) is 8.25. The number of amides is 5. The molecule has 3 saturated heterocycles. The monoisotopic (exact) mass is 783 g/mol. The van der Waals surface area contributed by atoms with Crippen LogP contribution >= 0.6 is 0 Å². The summed E-state index contributed by atoms with van der Waals surface area (Å²) in [5.41, 5.74) is 4.38. The SMILES string of the molecule is CN(C)C(=O)c1cc2cc(C3=CCCN(C(=O)CCn4ccnn4)C3)cc(N3CC(C(=O)N4CCC(c5ccc(NC6CCC(=O)NC6=O)cc5F)CC4)C3)c2o1.[HH].[HH]. The van der Waals surface area contributed by atoms with Gasteiger partial charge in [0.25, 0.3) is 5.91 Å². The van der Waals surface area contributed by atoms with E-state index in [1.807, 2.05) is 21.9 Å². The second-order valence-corrected chi connectivity index (χ2v) is 15.6. The molecule has 3 fully saturated rings. The molecule has 5 amide bonds. The number of imide groups is 1. The lowest BCUT2D eigenvalue weighted by molar-refractivity contribution is -0.137. The van der Waals surface area contributed by atoms with Crippen LogP contribution in [0.15, 0.2) is 59.3 Å². The maximum absolute atomic E-state index is 15.3. The van der Waals surface area contributed by atoms with Crippen LogP contribution in [0.5, 0.6) is 0 Å². The number of carbonyl (C=O) groups excluding carboxylic acids is 5. The molecule has 15 nitrogen and oxygen atoms in total. The summed E-state index contributed by atoms with van der Waals surface area (Å²) in [5.74, 6) is -1.26. The minimum atomic E-state index is -0.594. The van der Waals surface area contributed by atoms with E-state index in [0.717, 1.165) is 22.2 Å². The summed E-state index contributed by atoms with van der Waals surface area (Å²) in [6.07, 6.45) is 8.35. The van der Waals surface area contributed by atoms with Crippen LogP contribution in [0.3, 0.4) is 0 Å². The van der Waals surface area contributed by atoms with E-state index in [9.17, 15) is 24.0 Å². The quantitative estimate of drug-likeness (QED) is 0.224. The van der Waals surface area contributed by atoms with Crippen molar-refractivity contribution in [1.82, 2.24) is 35.0 Å². The van der Waals surface area contributed by atoms with E-state index < -0.39 is 11.9 Å². The van der Waals surface area contributed by atoms with Gasteiger partial charge in [0.1, 0.15) is 11.9 Å². The van der Waals surface area contributed by atoms with Crippen LogP contribution < -0.4 is 15.5 Å². The Morgan fingerprint density at radius 2 is 1.84 bits per heavy atom. The van der Waals surface area contributed by atoms with Gasteiger partial charge in [-0.15, -0.1) is 5.10 Å². The second-order valence-electron chi connectivity index (χ2n) is 15.6. The number of halogens is 1. The molecule has 2 aromatic heterocycles. The predicted octanol–water partition coefficient (Wildman–Crippen LogP) is 4.12. The van der Waals surface area contributed by atoms with Gasteiger partial charge in [-0.25, -0.2) is 4.39 Å². The lowest BCUT2D eigenvalue weighted by Gasteiger charge is -2.43. The highest BCUT2D eigenvalue weighted by Crippen LogP contribution is 2.39. The first kappa shape index (κ1) is 37.8. The average Bonchev–Trinajstić information content (AvgIpc) is 3.88. The number of anilines is 2. The second kappa shape index (κ2) is 15.8. The lowest BCUT2D eigenvalue weighted by atomic mass is 9.87. The largest absolute Gasteiger partial charge is 0.449 e. The molecule has 2 aromatic carbocycles. The third-order valence-corrected chi connectivity index (χ3v) is 11.5. The predicted molar refractivity (Wildman–Crippen MR) is 213 cm³/mol. The van der Waals surface area contributed by atoms with E-state index in [0.29, 0.717) is 94.8 Å². The standard InChI is InChI=1S/C41H46FN9O6.2H2/c1-47(2)41(56)35-20-28-18-27(26-4-3-13-49(22-26)37(53)11-16-51-17-12-43-46-51)19-34(38(28)57-35)50-23-29(24-50)40(55)48-14-9-25(10-15-48)31-6-5-30(21-32(31)42)44-33-7-8-36(52)45-39(33)54;;/h4-6,12,17-21,25,29,33,44H,3,7-11,13-16,22-24H2,1-2H3,(H,45,52,54);2*1H. The van der Waals surface area contributed by atoms with E-state index in [2.05, 4.69) is 31.9 Å². The minimum absolute atomic E-state index is 0. The molecule has 8 rings (SSSR count). The Labute approximate surface area is 331 Å². The molecule has 302 valence electrons. The van der Waals surface area contributed by atoms with Gasteiger partial charge in [-0.2, -0.15) is 0 Å². The maximum atomic E-state index is 15.3. The van der Waals surface area contributed by atoms with E-state index in [-0.39, 0.29) is 56.3 Å². The van der Waals surface area contributed by atoms with Gasteiger partial charge in [0, 0.05) is 86.3 Å². The number of carbonyl (C=O) groups is 5. The fourth-order valence-corrected chi connectivity index (χ4v) is 8.25. The number of benzene rings is 2. The van der Waals surface area contributed by atoms with Gasteiger partial charge in [0.2, 0.25) is 23.6 Å². The normalized spacial score (nSPS) is 19.3. The number of rotatable bonds is 10. The third-order valence-electron chi connectivity index (χ3n) is 11.5. The number of aromatic nitrogens is 3. The van der Waals surface area contributed by atoms with E-state index in [1.54, 1.807) is 49.4 Å². The molecule has 4 aromatic rings. The first-order chi connectivity index (χ1) is 27.5. The molecule has 0 saturated carbocycles. The zero-order valence-corrected chi connectivity index (χ0v) is 32.1. The molecule has 2 N–H and O–H groups in total. The summed E-state index contributed by atoms with van der Waals surface area (Å²) in [6.45, 7) is 3.54. The lowest BCUT2D eigenvalue weighted by Crippen LogP contribution is -2.55. The van der Waals surface area contributed by atoms with Crippen molar-refractivity contribution in [3.8, 4) is 0 Å². The van der Waals surface area contributed by atoms with Crippen LogP contribution in [-0.4, -0.2) is 119 Å². The Bertz CT molecular complexity index is 2250. The first-order valence-electron chi connectivity index (χ1n) is 19.5. The topological polar surface area (TPSA) is 166 Å². The first-order valence-corrected chi connectivity index (χ1v) is 19.5. The molecule has 1 atom stereocenters. The summed E-state index contributed by atoms with van der Waals surface area (Å²) in [4.78, 5) is 70.8. The van der Waals surface area contributed by atoms with Crippen LogP contribution in [0.25, 0.3) is 16.5 Å². The number of aryl methyl sites for hydroxylation is 1. The van der Waals surface area contributed by atoms with Crippen molar-refractivity contribution < 1.29 is 35.6 Å². The number of likely N-dealkylation sites (tertiary alicyclic amines) is 1. The van der Waals surface area contributed by atoms with Gasteiger partial charge >= 0.3 is 0 Å². The molecule has 16 heteroatoms. The van der Waals surface area contributed by atoms with Crippen molar-refractivity contribution in [2.24, 2.45) is 5.92 Å². The zero-order chi connectivity index (χ0) is 39.8. The van der Waals surface area contributed by atoms with Gasteiger partial charge < -0.3 is 29.3 Å². The van der Waals surface area contributed by atoms with Crippen molar-refractivity contribution in [2.75, 3.05) is 63.6 Å². The number of nitrogens with one attached hydrogen (secondary N) is 2. The highest BCUT2D eigenvalue weighted by molar-refractivity contribution is 6.02. The molecular weight excluding hydrogens is 734 g/mol. The fraction of sp³-hybridized carbons (Fsp3) is 0.439.